The Balaban J connectivity index is 0. The van der Waals surface area contributed by atoms with Gasteiger partial charge < -0.3 is 5.48 Å². The van der Waals surface area contributed by atoms with Gasteiger partial charge in [-0.15, -0.1) is 0 Å². The summed E-state index contributed by atoms with van der Waals surface area (Å²) in [7, 11) is 0. The maximum absolute atomic E-state index is 0. The van der Waals surface area contributed by atoms with E-state index < -0.39 is 0 Å². The van der Waals surface area contributed by atoms with Gasteiger partial charge in [0.05, 0.1) is 0 Å². The predicted molar refractivity (Wildman–Crippen MR) is 6.44 cm³/mol. The minimum atomic E-state index is 0. The van der Waals surface area contributed by atoms with Crippen LogP contribution in [-0.2, 0) is 42.6 Å². The van der Waals surface area contributed by atoms with E-state index in [1.807, 2.05) is 0 Å². The van der Waals surface area contributed by atoms with Gasteiger partial charge in [0.15, 0.2) is 0 Å². The number of hydrogen-bond acceptors (Lipinski definition) is 0. The van der Waals surface area contributed by atoms with Crippen molar-refractivity contribution in [3.8, 4) is 0 Å². The van der Waals surface area contributed by atoms with Crippen molar-refractivity contribution in [2.45, 2.75) is 0 Å². The molecule has 0 saturated carbocycles. The van der Waals surface area contributed by atoms with Crippen molar-refractivity contribution in [3.63, 3.8) is 0 Å². The zero-order valence-electron chi connectivity index (χ0n) is 1.75. The molecule has 20 valence electrons. The van der Waals surface area contributed by atoms with Crippen molar-refractivity contribution >= 4 is 24.4 Å². The van der Waals surface area contributed by atoms with Gasteiger partial charge in [0, 0.05) is 37.1 Å². The van der Waals surface area contributed by atoms with Crippen LogP contribution in [0.2, 0.25) is 0 Å². The molecule has 0 aliphatic rings. The molecule has 0 aromatic carbocycles. The first-order valence-electron chi connectivity index (χ1n) is 0. The molecule has 0 spiro atoms. The van der Waals surface area contributed by atoms with Gasteiger partial charge in [-0.1, -0.05) is 0 Å². The van der Waals surface area contributed by atoms with Crippen LogP contribution in [0.25, 0.3) is 0 Å². The van der Waals surface area contributed by atoms with Gasteiger partial charge in [0.2, 0.25) is 0 Å². The minimum absolute atomic E-state index is 0. The monoisotopic (exact) mass is 239 g/mol. The van der Waals surface area contributed by atoms with Gasteiger partial charge in [-0.2, -0.15) is 0 Å². The molecular formula is OSbV2+. The van der Waals surface area contributed by atoms with Gasteiger partial charge in [-0.05, 0) is 0 Å². The first-order valence-corrected chi connectivity index (χ1v) is 0. The van der Waals surface area contributed by atoms with E-state index in [-0.39, 0.29) is 67.0 Å². The summed E-state index contributed by atoms with van der Waals surface area (Å²) < 4.78 is 0. The normalized spacial score (nSPS) is 0. The summed E-state index contributed by atoms with van der Waals surface area (Å²) in [5.41, 5.74) is 0. The smallest absolute Gasteiger partial charge is 2.00 e. The minimum Gasteiger partial charge on any atom is -2.00 e. The van der Waals surface area contributed by atoms with Crippen LogP contribution in [0.1, 0.15) is 0 Å². The molecule has 0 saturated heterocycles. The largest absolute Gasteiger partial charge is 3.00 e. The molecule has 0 N–H and O–H groups in total. The Bertz CT molecular complexity index is 6.00. The van der Waals surface area contributed by atoms with Crippen LogP contribution in [-0.4, -0.2) is 24.4 Å². The summed E-state index contributed by atoms with van der Waals surface area (Å²) in [6.45, 7) is 0. The third kappa shape index (κ3) is 9.04. The summed E-state index contributed by atoms with van der Waals surface area (Å²) in [6, 6.07) is 0. The summed E-state index contributed by atoms with van der Waals surface area (Å²) in [6.07, 6.45) is 0. The zero-order chi connectivity index (χ0) is 0. The quantitative estimate of drug-likeness (QED) is 0.510. The topological polar surface area (TPSA) is 28.5 Å². The fourth-order valence-corrected chi connectivity index (χ4v) is 0. The van der Waals surface area contributed by atoms with E-state index >= 15 is 0 Å². The standard InChI is InChI=1S/O.Sb.2V/q-2;+3;;. The molecule has 4 radical (unpaired) electrons. The molecule has 0 atom stereocenters. The van der Waals surface area contributed by atoms with Crippen molar-refractivity contribution in [3.05, 3.63) is 0 Å². The average molecular weight is 240 g/mol. The van der Waals surface area contributed by atoms with Crippen LogP contribution in [0.3, 0.4) is 0 Å². The van der Waals surface area contributed by atoms with Crippen LogP contribution in [0.5, 0.6) is 0 Å². The second-order valence-electron chi connectivity index (χ2n) is 0. The van der Waals surface area contributed by atoms with Crippen molar-refractivity contribution < 1.29 is 42.6 Å². The van der Waals surface area contributed by atoms with E-state index in [1.54, 1.807) is 0 Å². The molecule has 0 aliphatic carbocycles. The molecule has 4 heavy (non-hydrogen) atoms. The second-order valence-corrected chi connectivity index (χ2v) is 0. The zero-order valence-corrected chi connectivity index (χ0v) is 7.10. The van der Waals surface area contributed by atoms with E-state index in [0.717, 1.165) is 0 Å². The Labute approximate surface area is 66.4 Å². The summed E-state index contributed by atoms with van der Waals surface area (Å²) in [5, 5.41) is 0. The van der Waals surface area contributed by atoms with Gasteiger partial charge >= 0.3 is 24.4 Å². The van der Waals surface area contributed by atoms with E-state index in [2.05, 4.69) is 0 Å². The van der Waals surface area contributed by atoms with Crippen LogP contribution < -0.4 is 0 Å². The summed E-state index contributed by atoms with van der Waals surface area (Å²) >= 11 is 0. The van der Waals surface area contributed by atoms with Crippen molar-refractivity contribution in [2.75, 3.05) is 0 Å². The first kappa shape index (κ1) is 38.4. The second kappa shape index (κ2) is 20.3. The van der Waals surface area contributed by atoms with Gasteiger partial charge in [-0.3, -0.25) is 0 Å². The molecular weight excluding hydrogens is 240 g/mol. The molecule has 0 rings (SSSR count). The predicted octanol–water partition coefficient (Wildman–Crippen LogP) is -0.505. The molecule has 0 aliphatic heterocycles. The molecule has 0 fully saturated rings. The Hall–Kier alpha value is 1.95. The number of hydrogen-bond donors (Lipinski definition) is 0. The van der Waals surface area contributed by atoms with Crippen LogP contribution >= 0.6 is 0 Å². The van der Waals surface area contributed by atoms with Gasteiger partial charge in [-0.25, -0.2) is 0 Å². The SMILES string of the molecule is [O-2].[Sb+3].[V].[V]. The van der Waals surface area contributed by atoms with Crippen molar-refractivity contribution in [1.29, 1.82) is 0 Å². The van der Waals surface area contributed by atoms with Gasteiger partial charge in [0.1, 0.15) is 0 Å². The maximum Gasteiger partial charge on any atom is 3.00 e. The molecule has 0 amide bonds. The van der Waals surface area contributed by atoms with Crippen LogP contribution in [0.4, 0.5) is 0 Å². The maximum atomic E-state index is 0. The van der Waals surface area contributed by atoms with Gasteiger partial charge in [0.25, 0.3) is 0 Å². The molecule has 0 aromatic rings. The van der Waals surface area contributed by atoms with E-state index in [4.69, 9.17) is 0 Å². The molecule has 1 nitrogen and oxygen atoms in total. The summed E-state index contributed by atoms with van der Waals surface area (Å²) in [4.78, 5) is 0. The first-order chi connectivity index (χ1) is 0. The number of rotatable bonds is 0. The van der Waals surface area contributed by atoms with Crippen molar-refractivity contribution in [2.24, 2.45) is 0 Å². The van der Waals surface area contributed by atoms with E-state index in [0.29, 0.717) is 0 Å². The Morgan fingerprint density at radius 2 is 0.750 bits per heavy atom. The average Bonchev–Trinajstić information content (AvgIpc) is 0. The third-order valence-corrected chi connectivity index (χ3v) is 0. The molecule has 4 heteroatoms. The van der Waals surface area contributed by atoms with Crippen LogP contribution in [0.15, 0.2) is 0 Å². The Kier molecular flexibility index (Phi) is 195. The Morgan fingerprint density at radius 3 is 0.750 bits per heavy atom. The fraction of sp³-hybridized carbons (Fsp3) is 0. The Morgan fingerprint density at radius 1 is 0.750 bits per heavy atom. The third-order valence-electron chi connectivity index (χ3n) is 0. The molecule has 0 heterocycles. The summed E-state index contributed by atoms with van der Waals surface area (Å²) in [5.74, 6) is 0. The van der Waals surface area contributed by atoms with E-state index in [9.17, 15) is 0 Å². The van der Waals surface area contributed by atoms with E-state index in [1.165, 1.54) is 0 Å². The fourth-order valence-electron chi connectivity index (χ4n) is 0. The molecule has 0 aromatic heterocycles. The van der Waals surface area contributed by atoms with Crippen LogP contribution in [0, 0.1) is 0 Å². The van der Waals surface area contributed by atoms with Crippen molar-refractivity contribution in [1.82, 2.24) is 0 Å². The molecule has 0 unspecified atom stereocenters. The molecule has 0 bridgehead atoms.